The van der Waals surface area contributed by atoms with Crippen molar-refractivity contribution in [3.8, 4) is 0 Å². The molecule has 11 atom stereocenters. The van der Waals surface area contributed by atoms with Crippen LogP contribution in [0.4, 0.5) is 0 Å². The smallest absolute Gasteiger partial charge is 0.384 e. The summed E-state index contributed by atoms with van der Waals surface area (Å²) in [5.74, 6) is -0.517. The van der Waals surface area contributed by atoms with E-state index in [4.69, 9.17) is 72.4 Å². The van der Waals surface area contributed by atoms with Gasteiger partial charge < -0.3 is 14.2 Å². The van der Waals surface area contributed by atoms with Gasteiger partial charge in [-0.25, -0.2) is 9.13 Å². The lowest BCUT2D eigenvalue weighted by molar-refractivity contribution is -0.0286. The van der Waals surface area contributed by atoms with Gasteiger partial charge in [-0.2, -0.15) is 0 Å². The van der Waals surface area contributed by atoms with E-state index in [1.54, 1.807) is 14.3 Å². The predicted molar refractivity (Wildman–Crippen MR) is 154 cm³/mol. The summed E-state index contributed by atoms with van der Waals surface area (Å²) in [6.45, 7) is -0.327. The van der Waals surface area contributed by atoms with Crippen molar-refractivity contribution in [2.45, 2.75) is 74.2 Å². The van der Waals surface area contributed by atoms with Gasteiger partial charge in [0.1, 0.15) is 14.0 Å². The van der Waals surface area contributed by atoms with Crippen molar-refractivity contribution in [3.63, 3.8) is 0 Å². The summed E-state index contributed by atoms with van der Waals surface area (Å²) < 4.78 is 76.6. The Morgan fingerprint density at radius 2 is 1.43 bits per heavy atom. The van der Waals surface area contributed by atoms with Crippen LogP contribution in [0.3, 0.4) is 0 Å². The molecule has 1 aliphatic heterocycles. The molecule has 0 aromatic carbocycles. The molecule has 9 radical (unpaired) electrons. The van der Waals surface area contributed by atoms with Crippen LogP contribution >= 0.6 is 15.6 Å². The fourth-order valence-corrected chi connectivity index (χ4v) is 8.02. The van der Waals surface area contributed by atoms with Crippen LogP contribution in [0.5, 0.6) is 0 Å². The Kier molecular flexibility index (Phi) is 14.0. The van der Waals surface area contributed by atoms with Gasteiger partial charge in [0.25, 0.3) is 0 Å². The monoisotopic (exact) mass is 593 g/mol. The minimum absolute atomic E-state index is 0.0170. The highest BCUT2D eigenvalue weighted by atomic mass is 31.2. The van der Waals surface area contributed by atoms with Crippen LogP contribution in [0.2, 0.25) is 11.6 Å². The third kappa shape index (κ3) is 9.49. The lowest BCUT2D eigenvalue weighted by Gasteiger charge is -2.28. The molecule has 5 unspecified atom stereocenters. The van der Waals surface area contributed by atoms with Crippen LogP contribution in [0.1, 0.15) is 32.1 Å². The van der Waals surface area contributed by atoms with Crippen molar-refractivity contribution in [1.29, 1.82) is 0 Å². The number of phosphoric acid groups is 2. The second kappa shape index (κ2) is 16.0. The summed E-state index contributed by atoms with van der Waals surface area (Å²) in [7, 11) is 22.6. The highest BCUT2D eigenvalue weighted by Crippen LogP contribution is 2.57. The van der Waals surface area contributed by atoms with Crippen LogP contribution in [-0.4, -0.2) is 123 Å². The van der Waals surface area contributed by atoms with E-state index >= 15 is 0 Å². The fraction of sp³-hybridized carbons (Fsp3) is 1.00. The zero-order valence-corrected chi connectivity index (χ0v) is 25.5. The normalized spacial score (nSPS) is 37.2. The van der Waals surface area contributed by atoms with Gasteiger partial charge in [0.2, 0.25) is 0 Å². The van der Waals surface area contributed by atoms with Gasteiger partial charge >= 0.3 is 15.6 Å². The Hall–Kier alpha value is 0.490. The van der Waals surface area contributed by atoms with Crippen molar-refractivity contribution >= 4 is 60.4 Å². The molecule has 1 heterocycles. The maximum absolute atomic E-state index is 13.5. The molecule has 3 fully saturated rings. The first-order valence-corrected chi connectivity index (χ1v) is 16.4. The third-order valence-corrected chi connectivity index (χ3v) is 10.8. The van der Waals surface area contributed by atoms with Gasteiger partial charge in [0.15, 0.2) is 0 Å². The van der Waals surface area contributed by atoms with Crippen LogP contribution in [0.25, 0.3) is 0 Å². The molecule has 1 saturated heterocycles. The molecule has 2 aliphatic carbocycles. The summed E-state index contributed by atoms with van der Waals surface area (Å²) in [5.41, 5.74) is 0. The molecule has 11 nitrogen and oxygen atoms in total. The Labute approximate surface area is 245 Å². The van der Waals surface area contributed by atoms with E-state index in [-0.39, 0.29) is 42.8 Å². The van der Waals surface area contributed by atoms with Crippen LogP contribution in [-0.2, 0) is 50.5 Å². The van der Waals surface area contributed by atoms with Gasteiger partial charge in [0.05, 0.1) is 45.3 Å². The molecular formula is C21H37B6O11P2. The van der Waals surface area contributed by atoms with E-state index in [9.17, 15) is 9.13 Å². The Morgan fingerprint density at radius 3 is 1.98 bits per heavy atom. The second-order valence-electron chi connectivity index (χ2n) is 10.6. The molecule has 0 N–H and O–H groups in total. The number of phosphoric ester groups is 2. The molecule has 215 valence electrons. The van der Waals surface area contributed by atoms with Crippen molar-refractivity contribution in [2.75, 3.05) is 48.3 Å². The summed E-state index contributed by atoms with van der Waals surface area (Å²) in [5, 5.41) is 0. The fourth-order valence-electron chi connectivity index (χ4n) is 5.63. The number of rotatable bonds is 17. The van der Waals surface area contributed by atoms with Crippen LogP contribution in [0.15, 0.2) is 0 Å². The van der Waals surface area contributed by atoms with Gasteiger partial charge in [-0.3, -0.25) is 27.1 Å². The lowest BCUT2D eigenvalue weighted by Crippen LogP contribution is -2.29. The van der Waals surface area contributed by atoms with Gasteiger partial charge in [0, 0.05) is 76.0 Å². The Bertz CT molecular complexity index is 879. The molecule has 0 aromatic rings. The van der Waals surface area contributed by atoms with Gasteiger partial charge in [-0.1, -0.05) is 24.5 Å². The predicted octanol–water partition coefficient (Wildman–Crippen LogP) is 1.84. The zero-order valence-electron chi connectivity index (χ0n) is 23.7. The molecule has 0 amide bonds. The van der Waals surface area contributed by atoms with E-state index in [0.29, 0.717) is 38.7 Å². The standard InChI is InChI=1S/C21H37B6O11P2/c1-30-10-14-6-16(27(24)25)8-18(14)38-39(28,32-3)34-11-13-5-15(26-23)7-17(13)37-40(29,33-4)35-12-20-19(31-2)9-21(22)36-20/h13-21H,5-12H2,1-4H3/t13-,14-,15-,16-,17?,18?,19?,20-,21-,39?,40?/m1/s1. The minimum atomic E-state index is -4.02. The van der Waals surface area contributed by atoms with E-state index < -0.39 is 46.5 Å². The van der Waals surface area contributed by atoms with Crippen molar-refractivity contribution in [1.82, 2.24) is 0 Å². The maximum Gasteiger partial charge on any atom is 0.474 e. The summed E-state index contributed by atoms with van der Waals surface area (Å²) in [6.07, 6.45) is 0.639. The van der Waals surface area contributed by atoms with Crippen LogP contribution in [0, 0.1) is 11.8 Å². The minimum Gasteiger partial charge on any atom is -0.384 e. The highest BCUT2D eigenvalue weighted by Gasteiger charge is 2.45. The van der Waals surface area contributed by atoms with E-state index in [1.807, 2.05) is 0 Å². The maximum atomic E-state index is 13.5. The first-order chi connectivity index (χ1) is 19.0. The topological polar surface area (TPSA) is 117 Å². The number of hydrogen-bond donors (Lipinski definition) is 0. The van der Waals surface area contributed by atoms with Crippen molar-refractivity contribution in [3.05, 3.63) is 0 Å². The molecular weight excluding hydrogens is 555 g/mol. The summed E-state index contributed by atoms with van der Waals surface area (Å²) in [6, 6.07) is -0.510. The number of ether oxygens (including phenoxy) is 3. The molecule has 0 bridgehead atoms. The van der Waals surface area contributed by atoms with Gasteiger partial charge in [-0.15, -0.1) is 0 Å². The molecule has 3 aliphatic rings. The first kappa shape index (κ1) is 35.0. The molecule has 0 aromatic heterocycles. The summed E-state index contributed by atoms with van der Waals surface area (Å²) in [4.78, 5) is 0. The van der Waals surface area contributed by atoms with E-state index in [1.165, 1.54) is 21.3 Å². The largest absolute Gasteiger partial charge is 0.474 e. The third-order valence-electron chi connectivity index (χ3n) is 7.88. The quantitative estimate of drug-likeness (QED) is 0.182. The highest BCUT2D eigenvalue weighted by molar-refractivity contribution is 7.48. The van der Waals surface area contributed by atoms with Crippen molar-refractivity contribution < 1.29 is 50.5 Å². The van der Waals surface area contributed by atoms with E-state index in [2.05, 4.69) is 0 Å². The van der Waals surface area contributed by atoms with Crippen molar-refractivity contribution in [2.24, 2.45) is 11.8 Å². The zero-order chi connectivity index (χ0) is 29.5. The second-order valence-corrected chi connectivity index (χ2v) is 14.0. The van der Waals surface area contributed by atoms with E-state index in [0.717, 1.165) is 0 Å². The molecule has 0 spiro atoms. The molecule has 19 heteroatoms. The lowest BCUT2D eigenvalue weighted by atomic mass is 9.14. The van der Waals surface area contributed by atoms with Gasteiger partial charge in [-0.05, 0) is 19.3 Å². The van der Waals surface area contributed by atoms with Crippen LogP contribution < -0.4 is 0 Å². The SMILES string of the molecule is [B][B][C@H]1CC(OP(=O)(OC)OC[C@H]2O[C@@H]([B])CC2OC)[C@@H](COP(=O)(OC)OC2C[C@H](B([B])[B])C[C@@H]2COC)C1. The molecule has 3 rings (SSSR count). The number of hydrogen-bond acceptors (Lipinski definition) is 11. The average Bonchev–Trinajstić information content (AvgIpc) is 3.63. The molecule has 2 saturated carbocycles. The number of methoxy groups -OCH3 is 2. The molecule has 40 heavy (non-hydrogen) atoms. The Balaban J connectivity index is 1.62. The first-order valence-electron chi connectivity index (χ1n) is 13.4. The summed E-state index contributed by atoms with van der Waals surface area (Å²) >= 11 is 0. The Morgan fingerprint density at radius 1 is 0.825 bits per heavy atom. The average molecular weight is 592 g/mol.